The van der Waals surface area contributed by atoms with Crippen molar-refractivity contribution in [2.45, 2.75) is 13.5 Å². The molecule has 0 aliphatic carbocycles. The van der Waals surface area contributed by atoms with Crippen molar-refractivity contribution >= 4 is 29.6 Å². The summed E-state index contributed by atoms with van der Waals surface area (Å²) in [6.45, 7) is 2.65. The molecule has 0 saturated heterocycles. The van der Waals surface area contributed by atoms with Crippen molar-refractivity contribution in [1.29, 1.82) is 0 Å². The zero-order chi connectivity index (χ0) is 19.9. The van der Waals surface area contributed by atoms with E-state index in [9.17, 15) is 0 Å². The molecule has 144 valence electrons. The summed E-state index contributed by atoms with van der Waals surface area (Å²) in [6, 6.07) is 13.2. The van der Waals surface area contributed by atoms with Gasteiger partial charge in [-0.1, -0.05) is 23.7 Å². The minimum absolute atomic E-state index is 0.163. The lowest BCUT2D eigenvalue weighted by atomic mass is 10.2. The van der Waals surface area contributed by atoms with Gasteiger partial charge in [-0.3, -0.25) is 5.32 Å². The molecule has 0 bridgehead atoms. The van der Waals surface area contributed by atoms with Gasteiger partial charge in [-0.25, -0.2) is 9.98 Å². The van der Waals surface area contributed by atoms with Gasteiger partial charge in [0.2, 0.25) is 5.96 Å². The number of guanidine groups is 1. The van der Waals surface area contributed by atoms with E-state index in [1.54, 1.807) is 19.8 Å². The summed E-state index contributed by atoms with van der Waals surface area (Å²) in [5, 5.41) is 2.62. The molecule has 7 nitrogen and oxygen atoms in total. The average molecular weight is 398 g/mol. The number of nitrogens with two attached hydrogens (primary N) is 2. The Morgan fingerprint density at radius 3 is 2.89 bits per heavy atom. The molecule has 1 heterocycles. The van der Waals surface area contributed by atoms with Gasteiger partial charge in [-0.15, -0.1) is 0 Å². The third-order valence-corrected chi connectivity index (χ3v) is 4.19. The van der Waals surface area contributed by atoms with E-state index in [2.05, 4.69) is 15.0 Å². The van der Waals surface area contributed by atoms with Gasteiger partial charge in [0, 0.05) is 22.8 Å². The number of aliphatic imine (C=N–C) groups is 2. The zero-order valence-corrected chi connectivity index (χ0v) is 16.5. The van der Waals surface area contributed by atoms with E-state index in [0.29, 0.717) is 23.0 Å². The first kappa shape index (κ1) is 19.6. The van der Waals surface area contributed by atoms with Crippen molar-refractivity contribution in [3.63, 3.8) is 0 Å². The largest absolute Gasteiger partial charge is 0.494 e. The number of hydrogen-bond acceptors (Lipinski definition) is 3. The van der Waals surface area contributed by atoms with Crippen molar-refractivity contribution in [2.75, 3.05) is 7.11 Å². The summed E-state index contributed by atoms with van der Waals surface area (Å²) < 4.78 is 7.37. The summed E-state index contributed by atoms with van der Waals surface area (Å²) in [5.74, 6) is 0.832. The Balaban J connectivity index is 1.66. The fourth-order valence-corrected chi connectivity index (χ4v) is 2.86. The highest BCUT2D eigenvalue weighted by Crippen LogP contribution is 2.28. The van der Waals surface area contributed by atoms with E-state index in [1.165, 1.54) is 0 Å². The quantitative estimate of drug-likeness (QED) is 0.494. The topological polar surface area (TPSA) is 94.4 Å². The fraction of sp³-hybridized carbons (Fsp3) is 0.150. The van der Waals surface area contributed by atoms with Crippen LogP contribution in [-0.4, -0.2) is 29.0 Å². The molecule has 0 amide bonds. The van der Waals surface area contributed by atoms with Crippen LogP contribution in [0.2, 0.25) is 5.02 Å². The lowest BCUT2D eigenvalue weighted by Gasteiger charge is -2.09. The molecule has 3 rings (SSSR count). The third kappa shape index (κ3) is 5.18. The molecule has 8 heteroatoms. The second-order valence-electron chi connectivity index (χ2n) is 6.10. The van der Waals surface area contributed by atoms with Crippen LogP contribution in [0.15, 0.2) is 65.0 Å². The number of aromatic nitrogens is 2. The van der Waals surface area contributed by atoms with E-state index in [1.807, 2.05) is 65.5 Å². The Morgan fingerprint density at radius 1 is 1.32 bits per heavy atom. The van der Waals surface area contributed by atoms with Crippen LogP contribution in [0, 0.1) is 6.92 Å². The first-order chi connectivity index (χ1) is 13.5. The van der Waals surface area contributed by atoms with E-state index < -0.39 is 0 Å². The Morgan fingerprint density at radius 2 is 2.18 bits per heavy atom. The minimum atomic E-state index is 0.163. The molecular weight excluding hydrogens is 376 g/mol. The van der Waals surface area contributed by atoms with Crippen molar-refractivity contribution in [3.8, 4) is 11.4 Å². The normalized spacial score (nSPS) is 11.9. The minimum Gasteiger partial charge on any atom is -0.494 e. The average Bonchev–Trinajstić information content (AvgIpc) is 3.11. The van der Waals surface area contributed by atoms with E-state index in [4.69, 9.17) is 22.1 Å². The van der Waals surface area contributed by atoms with Crippen LogP contribution in [-0.2, 0) is 6.54 Å². The number of nitrogens with zero attached hydrogens (tertiary/aromatic N) is 4. The van der Waals surface area contributed by atoms with E-state index in [-0.39, 0.29) is 5.96 Å². The van der Waals surface area contributed by atoms with Crippen molar-refractivity contribution in [1.82, 2.24) is 9.55 Å². The Kier molecular flexibility index (Phi) is 6.41. The molecule has 0 saturated carbocycles. The van der Waals surface area contributed by atoms with Crippen LogP contribution in [0.3, 0.4) is 0 Å². The molecule has 0 aliphatic heterocycles. The number of methoxy groups -OCH3 is 1. The molecule has 0 atom stereocenters. The van der Waals surface area contributed by atoms with Gasteiger partial charge in [-0.05, 0) is 31.2 Å². The summed E-state index contributed by atoms with van der Waals surface area (Å²) in [5.41, 5.74) is 9.47. The Hall–Kier alpha value is -3.16. The molecule has 2 aromatic carbocycles. The van der Waals surface area contributed by atoms with Gasteiger partial charge in [0.1, 0.15) is 12.3 Å². The van der Waals surface area contributed by atoms with Gasteiger partial charge in [-0.2, -0.15) is 4.99 Å². The smallest absolute Gasteiger partial charge is 0.225 e. The number of quaternary nitrogens is 1. The van der Waals surface area contributed by atoms with Crippen LogP contribution in [0.1, 0.15) is 11.3 Å². The second-order valence-corrected chi connectivity index (χ2v) is 6.53. The molecule has 0 aliphatic rings. The summed E-state index contributed by atoms with van der Waals surface area (Å²) in [7, 11) is 1.61. The van der Waals surface area contributed by atoms with Gasteiger partial charge in [0.15, 0.2) is 6.34 Å². The van der Waals surface area contributed by atoms with Crippen LogP contribution >= 0.6 is 11.6 Å². The molecule has 4 N–H and O–H groups in total. The summed E-state index contributed by atoms with van der Waals surface area (Å²) in [4.78, 5) is 12.7. The number of halogens is 1. The van der Waals surface area contributed by atoms with Gasteiger partial charge in [0.05, 0.1) is 30.5 Å². The van der Waals surface area contributed by atoms with Gasteiger partial charge < -0.3 is 15.0 Å². The standard InChI is InChI=1S/C20H21ClN6O/c1-14-11-27(13-25-14)18-7-6-17(9-19(18)28-2)26-20(22)24-12-23-10-15-4-3-5-16(21)8-15/h3-9,11-13H,10H2,1-2H3,(H3,22,23,24,26)/p+1. The Bertz CT molecular complexity index is 1010. The zero-order valence-electron chi connectivity index (χ0n) is 15.7. The highest BCUT2D eigenvalue weighted by molar-refractivity contribution is 6.30. The first-order valence-electron chi connectivity index (χ1n) is 8.68. The maximum atomic E-state index is 5.97. The Labute approximate surface area is 168 Å². The van der Waals surface area contributed by atoms with Gasteiger partial charge in [0.25, 0.3) is 0 Å². The maximum absolute atomic E-state index is 5.97. The van der Waals surface area contributed by atoms with Crippen LogP contribution in [0.4, 0.5) is 5.69 Å². The van der Waals surface area contributed by atoms with Crippen molar-refractivity contribution < 1.29 is 10.1 Å². The number of imidazole rings is 1. The first-order valence-corrected chi connectivity index (χ1v) is 9.06. The van der Waals surface area contributed by atoms with Crippen LogP contribution in [0.25, 0.3) is 5.69 Å². The highest BCUT2D eigenvalue weighted by Gasteiger charge is 2.07. The molecule has 0 radical (unpaired) electrons. The summed E-state index contributed by atoms with van der Waals surface area (Å²) >= 11 is 5.97. The molecule has 0 unspecified atom stereocenters. The van der Waals surface area contributed by atoms with Crippen molar-refractivity contribution in [2.24, 2.45) is 15.7 Å². The monoisotopic (exact) mass is 397 g/mol. The van der Waals surface area contributed by atoms with Crippen LogP contribution in [0.5, 0.6) is 5.75 Å². The lowest BCUT2D eigenvalue weighted by molar-refractivity contribution is -0.547. The number of benzene rings is 2. The molecule has 28 heavy (non-hydrogen) atoms. The number of aryl methyl sites for hydroxylation is 1. The molecule has 3 aromatic rings. The molecule has 0 fully saturated rings. The van der Waals surface area contributed by atoms with Crippen molar-refractivity contribution in [3.05, 3.63) is 71.3 Å². The third-order valence-electron chi connectivity index (χ3n) is 3.95. The van der Waals surface area contributed by atoms with Crippen LogP contribution < -0.4 is 15.8 Å². The highest BCUT2D eigenvalue weighted by atomic mass is 35.5. The molecule has 0 spiro atoms. The molecular formula is C20H22ClN6O+. The SMILES string of the molecule is COc1cc(N=C(N)N=C[NH2+]Cc2cccc(Cl)c2)ccc1-n1cnc(C)c1. The lowest BCUT2D eigenvalue weighted by Crippen LogP contribution is -2.81. The van der Waals surface area contributed by atoms with Gasteiger partial charge >= 0.3 is 0 Å². The fourth-order valence-electron chi connectivity index (χ4n) is 2.65. The second kappa shape index (κ2) is 9.16. The number of rotatable bonds is 6. The molecule has 1 aromatic heterocycles. The number of ether oxygens (including phenoxy) is 1. The predicted molar refractivity (Wildman–Crippen MR) is 112 cm³/mol. The number of hydrogen-bond donors (Lipinski definition) is 2. The maximum Gasteiger partial charge on any atom is 0.225 e. The van der Waals surface area contributed by atoms with E-state index >= 15 is 0 Å². The summed E-state index contributed by atoms with van der Waals surface area (Å²) in [6.07, 6.45) is 5.30. The van der Waals surface area contributed by atoms with E-state index in [0.717, 1.165) is 16.9 Å². The predicted octanol–water partition coefficient (Wildman–Crippen LogP) is 2.58.